The lowest BCUT2D eigenvalue weighted by Crippen LogP contribution is -2.47. The monoisotopic (exact) mass is 349 g/mol. The number of nitrogens with zero attached hydrogens (tertiary/aromatic N) is 4. The van der Waals surface area contributed by atoms with Crippen LogP contribution >= 0.6 is 0 Å². The van der Waals surface area contributed by atoms with Crippen LogP contribution in [0, 0.1) is 5.41 Å². The predicted octanol–water partition coefficient (Wildman–Crippen LogP) is 2.01. The number of amides is 2. The van der Waals surface area contributed by atoms with Crippen LogP contribution in [0.2, 0.25) is 0 Å². The largest absolute Gasteiger partial charge is 0.384 e. The van der Waals surface area contributed by atoms with Crippen LogP contribution in [-0.4, -0.2) is 59.0 Å². The molecule has 2 aliphatic heterocycles. The predicted molar refractivity (Wildman–Crippen MR) is 95.5 cm³/mol. The molecule has 140 valence electrons. The Morgan fingerprint density at radius 2 is 1.96 bits per heavy atom. The Kier molecular flexibility index (Phi) is 5.93. The number of hydrogen-bond donors (Lipinski definition) is 1. The fraction of sp³-hybridized carbons (Fsp3) is 0.833. The molecule has 2 amide bonds. The van der Waals surface area contributed by atoms with E-state index in [1.165, 1.54) is 0 Å². The van der Waals surface area contributed by atoms with Crippen molar-refractivity contribution in [3.05, 3.63) is 11.6 Å². The zero-order valence-electron chi connectivity index (χ0n) is 15.6. The summed E-state index contributed by atoms with van der Waals surface area (Å²) in [5.74, 6) is 2.16. The quantitative estimate of drug-likeness (QED) is 0.882. The van der Waals surface area contributed by atoms with Crippen molar-refractivity contribution >= 4 is 6.03 Å². The number of carbonyl (C=O) groups excluding carboxylic acids is 1. The van der Waals surface area contributed by atoms with Crippen LogP contribution in [-0.2, 0) is 24.1 Å². The van der Waals surface area contributed by atoms with Gasteiger partial charge in [0.05, 0.1) is 6.61 Å². The zero-order chi connectivity index (χ0) is 17.7. The highest BCUT2D eigenvalue weighted by molar-refractivity contribution is 5.74. The number of piperidine rings is 1. The van der Waals surface area contributed by atoms with Gasteiger partial charge in [-0.3, -0.25) is 0 Å². The van der Waals surface area contributed by atoms with E-state index in [9.17, 15) is 4.79 Å². The van der Waals surface area contributed by atoms with Crippen LogP contribution < -0.4 is 5.32 Å². The van der Waals surface area contributed by atoms with Crippen molar-refractivity contribution in [1.82, 2.24) is 25.0 Å². The van der Waals surface area contributed by atoms with Gasteiger partial charge in [-0.1, -0.05) is 6.92 Å². The Hall–Kier alpha value is -1.63. The van der Waals surface area contributed by atoms with Crippen LogP contribution in [0.15, 0.2) is 0 Å². The smallest absolute Gasteiger partial charge is 0.317 e. The van der Waals surface area contributed by atoms with Gasteiger partial charge in [-0.05, 0) is 37.5 Å². The maximum Gasteiger partial charge on any atom is 0.317 e. The van der Waals surface area contributed by atoms with Crippen molar-refractivity contribution in [2.75, 3.05) is 33.4 Å². The van der Waals surface area contributed by atoms with Crippen LogP contribution in [0.25, 0.3) is 0 Å². The number of aromatic nitrogens is 3. The number of urea groups is 1. The van der Waals surface area contributed by atoms with Crippen LogP contribution in [0.1, 0.15) is 50.7 Å². The molecule has 1 N–H and O–H groups in total. The third-order valence-corrected chi connectivity index (χ3v) is 5.82. The Bertz CT molecular complexity index is 578. The van der Waals surface area contributed by atoms with E-state index in [1.54, 1.807) is 7.11 Å². The Morgan fingerprint density at radius 1 is 1.20 bits per heavy atom. The second-order valence-corrected chi connectivity index (χ2v) is 7.40. The molecule has 0 bridgehead atoms. The molecule has 3 heterocycles. The lowest BCUT2D eigenvalue weighted by atomic mass is 9.73. The molecule has 0 unspecified atom stereocenters. The minimum atomic E-state index is 0.101. The van der Waals surface area contributed by atoms with Gasteiger partial charge in [0, 0.05) is 46.1 Å². The maximum absolute atomic E-state index is 12.2. The number of nitrogens with one attached hydrogen (secondary N) is 1. The fourth-order valence-corrected chi connectivity index (χ4v) is 4.07. The first-order valence-electron chi connectivity index (χ1n) is 9.60. The van der Waals surface area contributed by atoms with Crippen LogP contribution in [0.4, 0.5) is 4.79 Å². The summed E-state index contributed by atoms with van der Waals surface area (Å²) in [6.45, 7) is 6.25. The highest BCUT2D eigenvalue weighted by atomic mass is 16.5. The van der Waals surface area contributed by atoms with Gasteiger partial charge < -0.3 is 19.5 Å². The van der Waals surface area contributed by atoms with E-state index in [-0.39, 0.29) is 6.03 Å². The minimum absolute atomic E-state index is 0.101. The second-order valence-electron chi connectivity index (χ2n) is 7.40. The van der Waals surface area contributed by atoms with Gasteiger partial charge in [0.25, 0.3) is 0 Å². The Morgan fingerprint density at radius 3 is 2.68 bits per heavy atom. The van der Waals surface area contributed by atoms with Crippen LogP contribution in [0.3, 0.4) is 0 Å². The fourth-order valence-electron chi connectivity index (χ4n) is 4.07. The van der Waals surface area contributed by atoms with E-state index < -0.39 is 0 Å². The van der Waals surface area contributed by atoms with E-state index in [2.05, 4.69) is 27.0 Å². The lowest BCUT2D eigenvalue weighted by Gasteiger charge is -2.41. The van der Waals surface area contributed by atoms with E-state index in [0.29, 0.717) is 12.0 Å². The van der Waals surface area contributed by atoms with Crippen molar-refractivity contribution in [1.29, 1.82) is 0 Å². The maximum atomic E-state index is 12.2. The molecule has 1 saturated heterocycles. The highest BCUT2D eigenvalue weighted by Gasteiger charge is 2.37. The number of carbonyl (C=O) groups is 1. The summed E-state index contributed by atoms with van der Waals surface area (Å²) in [6.07, 6.45) is 7.29. The van der Waals surface area contributed by atoms with E-state index in [0.717, 1.165) is 82.8 Å². The first-order valence-corrected chi connectivity index (χ1v) is 9.60. The number of likely N-dealkylation sites (tertiary alicyclic amines) is 1. The van der Waals surface area contributed by atoms with Crippen molar-refractivity contribution in [2.45, 2.75) is 58.4 Å². The summed E-state index contributed by atoms with van der Waals surface area (Å²) in [5, 5.41) is 11.7. The van der Waals surface area contributed by atoms with Crippen molar-refractivity contribution < 1.29 is 9.53 Å². The van der Waals surface area contributed by atoms with Gasteiger partial charge in [-0.15, -0.1) is 10.2 Å². The molecule has 3 rings (SSSR count). The molecule has 1 fully saturated rings. The normalized spacial score (nSPS) is 19.5. The molecule has 7 heteroatoms. The number of rotatable bonds is 5. The van der Waals surface area contributed by atoms with E-state index in [1.807, 2.05) is 4.90 Å². The zero-order valence-corrected chi connectivity index (χ0v) is 15.6. The van der Waals surface area contributed by atoms with Crippen molar-refractivity contribution in [3.63, 3.8) is 0 Å². The van der Waals surface area contributed by atoms with Gasteiger partial charge in [0.2, 0.25) is 0 Å². The van der Waals surface area contributed by atoms with E-state index >= 15 is 0 Å². The lowest BCUT2D eigenvalue weighted by molar-refractivity contribution is 0.100. The summed E-state index contributed by atoms with van der Waals surface area (Å²) in [4.78, 5) is 14.1. The molecule has 0 aromatic carbocycles. The second kappa shape index (κ2) is 8.17. The molecule has 0 radical (unpaired) electrons. The Balaban J connectivity index is 1.57. The summed E-state index contributed by atoms with van der Waals surface area (Å²) in [7, 11) is 1.72. The number of methoxy groups -OCH3 is 1. The molecular formula is C18H31N5O2. The van der Waals surface area contributed by atoms with Crippen molar-refractivity contribution in [2.24, 2.45) is 5.41 Å². The first kappa shape index (κ1) is 18.2. The summed E-state index contributed by atoms with van der Waals surface area (Å²) >= 11 is 0. The SMILES string of the molecule is CCCNC(=O)N1CCC2(CCc3nnc(CCOC)n3CC2)CC1. The average Bonchev–Trinajstić information content (AvgIpc) is 2.95. The average molecular weight is 349 g/mol. The molecule has 1 aromatic rings. The Labute approximate surface area is 150 Å². The molecule has 1 spiro atoms. The molecule has 0 saturated carbocycles. The molecule has 1 aromatic heterocycles. The third kappa shape index (κ3) is 4.14. The number of aryl methyl sites for hydroxylation is 1. The summed E-state index contributed by atoms with van der Waals surface area (Å²) in [6, 6.07) is 0.101. The number of fused-ring (bicyclic) bond motifs is 1. The van der Waals surface area contributed by atoms with Gasteiger partial charge in [0.1, 0.15) is 11.6 Å². The summed E-state index contributed by atoms with van der Waals surface area (Å²) in [5.41, 5.74) is 0.348. The van der Waals surface area contributed by atoms with Crippen molar-refractivity contribution in [3.8, 4) is 0 Å². The minimum Gasteiger partial charge on any atom is -0.384 e. The molecule has 2 aliphatic rings. The number of ether oxygens (including phenoxy) is 1. The van der Waals surface area contributed by atoms with Gasteiger partial charge in [-0.25, -0.2) is 4.79 Å². The molecule has 0 aliphatic carbocycles. The van der Waals surface area contributed by atoms with Gasteiger partial charge >= 0.3 is 6.03 Å². The molecule has 25 heavy (non-hydrogen) atoms. The highest BCUT2D eigenvalue weighted by Crippen LogP contribution is 2.41. The van der Waals surface area contributed by atoms with Gasteiger partial charge in [0.15, 0.2) is 0 Å². The van der Waals surface area contributed by atoms with Crippen LogP contribution in [0.5, 0.6) is 0 Å². The van der Waals surface area contributed by atoms with E-state index in [4.69, 9.17) is 4.74 Å². The third-order valence-electron chi connectivity index (χ3n) is 5.82. The number of hydrogen-bond acceptors (Lipinski definition) is 4. The standard InChI is InChI=1S/C18H31N5O2/c1-3-10-19-17(24)22-11-7-18(8-12-22)6-4-15-20-21-16(5-14-25-2)23(15)13-9-18/h3-14H2,1-2H3,(H,19,24). The molecule has 0 atom stereocenters. The first-order chi connectivity index (χ1) is 12.2. The van der Waals surface area contributed by atoms with Gasteiger partial charge in [-0.2, -0.15) is 0 Å². The molecular weight excluding hydrogens is 318 g/mol. The summed E-state index contributed by atoms with van der Waals surface area (Å²) < 4.78 is 7.48. The molecule has 7 nitrogen and oxygen atoms in total. The topological polar surface area (TPSA) is 72.3 Å².